The van der Waals surface area contributed by atoms with Crippen LogP contribution in [-0.2, 0) is 11.3 Å². The van der Waals surface area contributed by atoms with Gasteiger partial charge in [-0.1, -0.05) is 55.1 Å². The second-order valence-corrected chi connectivity index (χ2v) is 7.59. The van der Waals surface area contributed by atoms with Gasteiger partial charge in [-0.25, -0.2) is 4.79 Å². The minimum absolute atomic E-state index is 0.108. The zero-order valence-electron chi connectivity index (χ0n) is 18.1. The van der Waals surface area contributed by atoms with Crippen molar-refractivity contribution in [2.75, 3.05) is 23.7 Å². The van der Waals surface area contributed by atoms with Crippen LogP contribution < -0.4 is 21.9 Å². The summed E-state index contributed by atoms with van der Waals surface area (Å²) in [5, 5.41) is 0. The summed E-state index contributed by atoms with van der Waals surface area (Å²) in [5.41, 5.74) is 6.99. The van der Waals surface area contributed by atoms with Crippen molar-refractivity contribution in [3.05, 3.63) is 98.7 Å². The molecule has 0 fully saturated rings. The predicted molar refractivity (Wildman–Crippen MR) is 126 cm³/mol. The van der Waals surface area contributed by atoms with Crippen molar-refractivity contribution in [3.8, 4) is 0 Å². The molecule has 0 radical (unpaired) electrons. The number of carbonyl (C=O) groups is 2. The summed E-state index contributed by atoms with van der Waals surface area (Å²) in [4.78, 5) is 55.8. The largest absolute Gasteiger partial charge is 0.383 e. The van der Waals surface area contributed by atoms with E-state index in [2.05, 4.69) is 11.6 Å². The number of aromatic nitrogens is 2. The Morgan fingerprint density at radius 2 is 1.67 bits per heavy atom. The Hall–Kier alpha value is -4.40. The molecular weight excluding hydrogens is 422 g/mol. The fourth-order valence-corrected chi connectivity index (χ4v) is 3.94. The average Bonchev–Trinajstić information content (AvgIpc) is 3.05. The van der Waals surface area contributed by atoms with Crippen LogP contribution in [0.25, 0.3) is 5.70 Å². The van der Waals surface area contributed by atoms with Gasteiger partial charge in [0.05, 0.1) is 6.54 Å². The highest BCUT2D eigenvalue weighted by Gasteiger charge is 2.34. The third-order valence-corrected chi connectivity index (χ3v) is 5.62. The van der Waals surface area contributed by atoms with E-state index >= 15 is 0 Å². The predicted octanol–water partition coefficient (Wildman–Crippen LogP) is 1.65. The molecule has 1 aliphatic heterocycles. The van der Waals surface area contributed by atoms with Gasteiger partial charge in [0.25, 0.3) is 11.5 Å². The lowest BCUT2D eigenvalue weighted by atomic mass is 10.1. The molecule has 0 saturated carbocycles. The van der Waals surface area contributed by atoms with Crippen LogP contribution in [0.1, 0.15) is 28.4 Å². The second kappa shape index (κ2) is 8.62. The van der Waals surface area contributed by atoms with Gasteiger partial charge in [-0.15, -0.1) is 0 Å². The quantitative estimate of drug-likeness (QED) is 0.598. The zero-order chi connectivity index (χ0) is 23.7. The van der Waals surface area contributed by atoms with Gasteiger partial charge < -0.3 is 10.6 Å². The highest BCUT2D eigenvalue weighted by Crippen LogP contribution is 2.31. The molecule has 0 unspecified atom stereocenters. The number of fused-ring (bicyclic) bond motifs is 1. The van der Waals surface area contributed by atoms with Gasteiger partial charge in [-0.2, -0.15) is 0 Å². The van der Waals surface area contributed by atoms with Crippen molar-refractivity contribution >= 4 is 29.0 Å². The van der Waals surface area contributed by atoms with Crippen molar-refractivity contribution in [3.63, 3.8) is 0 Å². The summed E-state index contributed by atoms with van der Waals surface area (Å²) in [5.74, 6) is -0.990. The molecule has 9 heteroatoms. The van der Waals surface area contributed by atoms with Gasteiger partial charge in [0, 0.05) is 23.4 Å². The number of aromatic amines is 1. The number of nitrogens with zero attached hydrogens (tertiary/aromatic N) is 3. The van der Waals surface area contributed by atoms with Crippen LogP contribution in [0.2, 0.25) is 0 Å². The van der Waals surface area contributed by atoms with Crippen LogP contribution in [0.4, 0.5) is 11.5 Å². The summed E-state index contributed by atoms with van der Waals surface area (Å²) < 4.78 is 1.21. The van der Waals surface area contributed by atoms with E-state index in [-0.39, 0.29) is 37.0 Å². The molecule has 4 rings (SSSR count). The third-order valence-electron chi connectivity index (χ3n) is 5.62. The van der Waals surface area contributed by atoms with Gasteiger partial charge in [-0.3, -0.25) is 28.8 Å². The van der Waals surface area contributed by atoms with E-state index in [1.54, 1.807) is 31.2 Å². The highest BCUT2D eigenvalue weighted by atomic mass is 16.2. The first-order valence-electron chi connectivity index (χ1n) is 10.4. The van der Waals surface area contributed by atoms with E-state index in [0.29, 0.717) is 16.8 Å². The molecule has 3 aromatic rings. The number of amides is 2. The summed E-state index contributed by atoms with van der Waals surface area (Å²) in [6, 6.07) is 16.1. The lowest BCUT2D eigenvalue weighted by Crippen LogP contribution is -2.45. The molecule has 0 saturated heterocycles. The zero-order valence-corrected chi connectivity index (χ0v) is 18.1. The van der Waals surface area contributed by atoms with Crippen LogP contribution in [0.3, 0.4) is 0 Å². The Morgan fingerprint density at radius 1 is 1.03 bits per heavy atom. The molecule has 0 spiro atoms. The fourth-order valence-electron chi connectivity index (χ4n) is 3.94. The maximum atomic E-state index is 13.2. The van der Waals surface area contributed by atoms with E-state index in [9.17, 15) is 19.2 Å². The number of nitrogen functional groups attached to an aromatic ring is 1. The normalized spacial score (nSPS) is 12.7. The molecule has 0 aliphatic carbocycles. The number of nitrogens with two attached hydrogens (primary N) is 1. The van der Waals surface area contributed by atoms with Crippen LogP contribution in [0.5, 0.6) is 0 Å². The molecule has 1 aliphatic rings. The van der Waals surface area contributed by atoms with Crippen molar-refractivity contribution in [2.24, 2.45) is 0 Å². The molecule has 0 bridgehead atoms. The molecule has 0 atom stereocenters. The summed E-state index contributed by atoms with van der Waals surface area (Å²) in [6.45, 7) is 5.53. The molecule has 2 amide bonds. The van der Waals surface area contributed by atoms with Gasteiger partial charge >= 0.3 is 5.69 Å². The first kappa shape index (κ1) is 21.8. The lowest BCUT2D eigenvalue weighted by molar-refractivity contribution is -0.118. The van der Waals surface area contributed by atoms with Crippen molar-refractivity contribution in [1.82, 2.24) is 14.5 Å². The van der Waals surface area contributed by atoms with Gasteiger partial charge in [0.15, 0.2) is 5.69 Å². The molecule has 33 heavy (non-hydrogen) atoms. The minimum Gasteiger partial charge on any atom is -0.383 e. The number of H-pyrrole nitrogens is 1. The Morgan fingerprint density at radius 3 is 2.30 bits per heavy atom. The van der Waals surface area contributed by atoms with Crippen LogP contribution >= 0.6 is 0 Å². The monoisotopic (exact) mass is 445 g/mol. The van der Waals surface area contributed by atoms with Crippen LogP contribution in [0, 0.1) is 0 Å². The number of benzene rings is 2. The Bertz CT molecular complexity index is 1340. The van der Waals surface area contributed by atoms with E-state index in [1.807, 2.05) is 30.3 Å². The Balaban J connectivity index is 1.66. The Labute approximate surface area is 189 Å². The number of rotatable bonds is 6. The molecule has 1 aromatic heterocycles. The van der Waals surface area contributed by atoms with Crippen molar-refractivity contribution in [2.45, 2.75) is 13.5 Å². The third kappa shape index (κ3) is 3.84. The van der Waals surface area contributed by atoms with E-state index in [4.69, 9.17) is 5.73 Å². The van der Waals surface area contributed by atoms with Gasteiger partial charge in [-0.05, 0) is 18.6 Å². The number of carbonyl (C=O) groups excluding carboxylic acids is 2. The first-order valence-corrected chi connectivity index (χ1v) is 10.4. The van der Waals surface area contributed by atoms with E-state index in [1.165, 1.54) is 14.4 Å². The van der Waals surface area contributed by atoms with Crippen LogP contribution in [0.15, 0.2) is 70.8 Å². The number of hydrogen-bond donors (Lipinski definition) is 2. The molecule has 3 N–H and O–H groups in total. The molecule has 2 aromatic carbocycles. The summed E-state index contributed by atoms with van der Waals surface area (Å²) in [6.07, 6.45) is 0. The van der Waals surface area contributed by atoms with Crippen molar-refractivity contribution in [1.29, 1.82) is 0 Å². The smallest absolute Gasteiger partial charge is 0.330 e. The van der Waals surface area contributed by atoms with Gasteiger partial charge in [0.1, 0.15) is 12.4 Å². The van der Waals surface area contributed by atoms with E-state index in [0.717, 1.165) is 5.56 Å². The highest BCUT2D eigenvalue weighted by molar-refractivity contribution is 6.11. The number of hydrogen-bond acceptors (Lipinski definition) is 5. The SMILES string of the molecule is C=C1c2ccccc2C(=O)N1CC(=O)N(CC)c1c(N)n(Cc2ccccc2)c(=O)[nH]c1=O. The molecule has 168 valence electrons. The van der Waals surface area contributed by atoms with Crippen molar-refractivity contribution < 1.29 is 9.59 Å². The first-order chi connectivity index (χ1) is 15.8. The Kier molecular flexibility index (Phi) is 5.70. The maximum absolute atomic E-state index is 13.2. The molecular formula is C24H23N5O4. The summed E-state index contributed by atoms with van der Waals surface area (Å²) >= 11 is 0. The van der Waals surface area contributed by atoms with Gasteiger partial charge in [0.2, 0.25) is 5.91 Å². The van der Waals surface area contributed by atoms with E-state index < -0.39 is 17.2 Å². The number of anilines is 2. The summed E-state index contributed by atoms with van der Waals surface area (Å²) in [7, 11) is 0. The molecule has 2 heterocycles. The second-order valence-electron chi connectivity index (χ2n) is 7.59. The number of nitrogens with one attached hydrogen (secondary N) is 1. The standard InChI is InChI=1S/C24H23N5O4/c1-3-27(19(30)14-28-15(2)17-11-7-8-12-18(17)23(28)32)20-21(25)29(24(33)26-22(20)31)13-16-9-5-4-6-10-16/h4-12H,2-3,13-14,25H2,1H3,(H,26,31,33). The fraction of sp³-hybridized carbons (Fsp3) is 0.167. The number of likely N-dealkylation sites (N-methyl/N-ethyl adjacent to an activating group) is 1. The molecule has 9 nitrogen and oxygen atoms in total. The maximum Gasteiger partial charge on any atom is 0.330 e. The minimum atomic E-state index is -0.771. The topological polar surface area (TPSA) is 121 Å². The average molecular weight is 445 g/mol. The lowest BCUT2D eigenvalue weighted by Gasteiger charge is -2.26. The van der Waals surface area contributed by atoms with Crippen LogP contribution in [-0.4, -0.2) is 39.4 Å².